The molecule has 1 heterocycles. The van der Waals surface area contributed by atoms with Gasteiger partial charge in [0, 0.05) is 3.57 Å². The van der Waals surface area contributed by atoms with Crippen LogP contribution in [0.1, 0.15) is 5.82 Å². The van der Waals surface area contributed by atoms with Crippen LogP contribution in [-0.4, -0.2) is 28.0 Å². The molecule has 0 atom stereocenters. The molecule has 0 aliphatic carbocycles. The molecule has 0 saturated carbocycles. The molecule has 2 aromatic rings. The fourth-order valence-electron chi connectivity index (χ4n) is 1.36. The molecule has 0 aliphatic heterocycles. The van der Waals surface area contributed by atoms with Gasteiger partial charge in [-0.25, -0.2) is 0 Å². The number of rotatable bonds is 4. The monoisotopic (exact) mass is 400 g/mol. The zero-order valence-corrected chi connectivity index (χ0v) is 12.0. The van der Waals surface area contributed by atoms with Gasteiger partial charge in [0.25, 0.3) is 5.89 Å². The van der Waals surface area contributed by atoms with E-state index in [2.05, 4.69) is 14.9 Å². The predicted octanol–water partition coefficient (Wildman–Crippen LogP) is 3.13. The molecule has 9 heteroatoms. The maximum Gasteiger partial charge on any atom is 0.411 e. The lowest BCUT2D eigenvalue weighted by atomic mass is 10.2. The standard InChI is InChI=1S/C11H8F3IN2O3/c12-11(13,14)5-19-4-9-16-10(20-17-9)7-3-6(15)1-2-8(7)18/h1-3,18H,4-5H2. The number of aromatic nitrogens is 2. The van der Waals surface area contributed by atoms with Gasteiger partial charge in [0.15, 0.2) is 5.82 Å². The van der Waals surface area contributed by atoms with E-state index in [4.69, 9.17) is 4.52 Å². The van der Waals surface area contributed by atoms with Crippen molar-refractivity contribution < 1.29 is 27.5 Å². The third-order valence-electron chi connectivity index (χ3n) is 2.15. The molecule has 0 saturated heterocycles. The number of hydrogen-bond donors (Lipinski definition) is 1. The second-order valence-corrected chi connectivity index (χ2v) is 5.03. The van der Waals surface area contributed by atoms with Crippen LogP contribution < -0.4 is 0 Å². The van der Waals surface area contributed by atoms with Gasteiger partial charge in [-0.1, -0.05) is 5.16 Å². The second kappa shape index (κ2) is 5.95. The van der Waals surface area contributed by atoms with Crippen molar-refractivity contribution in [3.05, 3.63) is 27.6 Å². The van der Waals surface area contributed by atoms with E-state index in [0.717, 1.165) is 3.57 Å². The van der Waals surface area contributed by atoms with Crippen LogP contribution in [0.25, 0.3) is 11.5 Å². The maximum absolute atomic E-state index is 11.9. The largest absolute Gasteiger partial charge is 0.507 e. The highest BCUT2D eigenvalue weighted by molar-refractivity contribution is 14.1. The van der Waals surface area contributed by atoms with Crippen molar-refractivity contribution in [2.75, 3.05) is 6.61 Å². The Morgan fingerprint density at radius 2 is 2.10 bits per heavy atom. The van der Waals surface area contributed by atoms with E-state index in [0.29, 0.717) is 5.56 Å². The first kappa shape index (κ1) is 15.0. The number of phenols is 1. The smallest absolute Gasteiger partial charge is 0.411 e. The minimum atomic E-state index is -4.40. The number of ether oxygens (including phenoxy) is 1. The van der Waals surface area contributed by atoms with Gasteiger partial charge >= 0.3 is 6.18 Å². The van der Waals surface area contributed by atoms with E-state index in [1.807, 2.05) is 22.6 Å². The summed E-state index contributed by atoms with van der Waals surface area (Å²) in [6, 6.07) is 4.76. The first-order chi connectivity index (χ1) is 9.35. The summed E-state index contributed by atoms with van der Waals surface area (Å²) in [4.78, 5) is 3.87. The zero-order chi connectivity index (χ0) is 14.8. The molecule has 1 aromatic heterocycles. The van der Waals surface area contributed by atoms with Crippen LogP contribution in [0.3, 0.4) is 0 Å². The lowest BCUT2D eigenvalue weighted by Gasteiger charge is -2.04. The lowest BCUT2D eigenvalue weighted by molar-refractivity contribution is -0.177. The number of aromatic hydroxyl groups is 1. The van der Waals surface area contributed by atoms with Crippen molar-refractivity contribution in [1.29, 1.82) is 0 Å². The van der Waals surface area contributed by atoms with Crippen molar-refractivity contribution in [3.63, 3.8) is 0 Å². The van der Waals surface area contributed by atoms with Gasteiger partial charge in [0.1, 0.15) is 19.0 Å². The number of alkyl halides is 3. The summed E-state index contributed by atoms with van der Waals surface area (Å²) in [5, 5.41) is 13.2. The second-order valence-electron chi connectivity index (χ2n) is 3.79. The molecule has 0 bridgehead atoms. The Morgan fingerprint density at radius 3 is 2.80 bits per heavy atom. The van der Waals surface area contributed by atoms with Crippen LogP contribution in [0.5, 0.6) is 5.75 Å². The molecule has 0 radical (unpaired) electrons. The Morgan fingerprint density at radius 1 is 1.35 bits per heavy atom. The fourth-order valence-corrected chi connectivity index (χ4v) is 1.85. The van der Waals surface area contributed by atoms with Crippen LogP contribution in [0.15, 0.2) is 22.7 Å². The Kier molecular flexibility index (Phi) is 4.48. The molecule has 0 unspecified atom stereocenters. The van der Waals surface area contributed by atoms with Gasteiger partial charge in [-0.2, -0.15) is 18.2 Å². The highest BCUT2D eigenvalue weighted by Gasteiger charge is 2.27. The first-order valence-corrected chi connectivity index (χ1v) is 6.39. The SMILES string of the molecule is Oc1ccc(I)cc1-c1nc(COCC(F)(F)F)no1. The Balaban J connectivity index is 2.07. The average Bonchev–Trinajstić information content (AvgIpc) is 2.79. The molecule has 1 aromatic carbocycles. The summed E-state index contributed by atoms with van der Waals surface area (Å²) < 4.78 is 45.8. The summed E-state index contributed by atoms with van der Waals surface area (Å²) in [6.07, 6.45) is -4.40. The van der Waals surface area contributed by atoms with Crippen molar-refractivity contribution in [1.82, 2.24) is 10.1 Å². The van der Waals surface area contributed by atoms with Gasteiger partial charge in [-0.15, -0.1) is 0 Å². The minimum absolute atomic E-state index is 0.0200. The van der Waals surface area contributed by atoms with Crippen LogP contribution in [-0.2, 0) is 11.3 Å². The molecule has 1 N–H and O–H groups in total. The molecule has 5 nitrogen and oxygen atoms in total. The van der Waals surface area contributed by atoms with Gasteiger partial charge in [0.2, 0.25) is 0 Å². The molecular weight excluding hydrogens is 392 g/mol. The van der Waals surface area contributed by atoms with E-state index in [-0.39, 0.29) is 17.5 Å². The van der Waals surface area contributed by atoms with Gasteiger partial charge in [-0.3, -0.25) is 0 Å². The molecule has 108 valence electrons. The molecule has 0 spiro atoms. The number of nitrogens with zero attached hydrogens (tertiary/aromatic N) is 2. The third-order valence-corrected chi connectivity index (χ3v) is 2.82. The molecular formula is C11H8F3IN2O3. The molecule has 0 amide bonds. The van der Waals surface area contributed by atoms with Gasteiger partial charge < -0.3 is 14.4 Å². The first-order valence-electron chi connectivity index (χ1n) is 5.31. The Bertz CT molecular complexity index is 601. The summed E-state index contributed by atoms with van der Waals surface area (Å²) in [5.74, 6) is -0.0639. The van der Waals surface area contributed by atoms with Crippen molar-refractivity contribution in [2.24, 2.45) is 0 Å². The van der Waals surface area contributed by atoms with Crippen LogP contribution in [0, 0.1) is 3.57 Å². The number of phenolic OH excluding ortho intramolecular Hbond substituents is 1. The molecule has 20 heavy (non-hydrogen) atoms. The van der Waals surface area contributed by atoms with Gasteiger partial charge in [0.05, 0.1) is 5.56 Å². The highest BCUT2D eigenvalue weighted by Crippen LogP contribution is 2.29. The quantitative estimate of drug-likeness (QED) is 0.800. The molecule has 0 aliphatic rings. The summed E-state index contributed by atoms with van der Waals surface area (Å²) in [6.45, 7) is -1.81. The Hall–Kier alpha value is -1.36. The zero-order valence-electron chi connectivity index (χ0n) is 9.82. The number of hydrogen-bond acceptors (Lipinski definition) is 5. The van der Waals surface area contributed by atoms with Crippen LogP contribution in [0.2, 0.25) is 0 Å². The number of benzene rings is 1. The Labute approximate surface area is 124 Å². The van der Waals surface area contributed by atoms with Crippen molar-refractivity contribution >= 4 is 22.6 Å². The maximum atomic E-state index is 11.9. The topological polar surface area (TPSA) is 68.4 Å². The lowest BCUT2D eigenvalue weighted by Crippen LogP contribution is -2.16. The molecule has 0 fully saturated rings. The van der Waals surface area contributed by atoms with E-state index < -0.39 is 19.4 Å². The highest BCUT2D eigenvalue weighted by atomic mass is 127. The van der Waals surface area contributed by atoms with Crippen LogP contribution >= 0.6 is 22.6 Å². The van der Waals surface area contributed by atoms with Crippen LogP contribution in [0.4, 0.5) is 13.2 Å². The number of halogens is 4. The summed E-state index contributed by atoms with van der Waals surface area (Å²) in [5.41, 5.74) is 0.312. The summed E-state index contributed by atoms with van der Waals surface area (Å²) >= 11 is 2.04. The minimum Gasteiger partial charge on any atom is -0.507 e. The predicted molar refractivity (Wildman–Crippen MR) is 69.8 cm³/mol. The van der Waals surface area contributed by atoms with Crippen molar-refractivity contribution in [2.45, 2.75) is 12.8 Å². The summed E-state index contributed by atoms with van der Waals surface area (Å²) in [7, 11) is 0. The normalized spacial score (nSPS) is 11.8. The van der Waals surface area contributed by atoms with E-state index in [1.54, 1.807) is 12.1 Å². The fraction of sp³-hybridized carbons (Fsp3) is 0.273. The van der Waals surface area contributed by atoms with E-state index in [1.165, 1.54) is 6.07 Å². The third kappa shape index (κ3) is 4.07. The van der Waals surface area contributed by atoms with Crippen molar-refractivity contribution in [3.8, 4) is 17.2 Å². The van der Waals surface area contributed by atoms with Gasteiger partial charge in [-0.05, 0) is 40.8 Å². The van der Waals surface area contributed by atoms with E-state index in [9.17, 15) is 18.3 Å². The molecule has 2 rings (SSSR count). The van der Waals surface area contributed by atoms with E-state index >= 15 is 0 Å². The average molecular weight is 400 g/mol.